The smallest absolute Gasteiger partial charge is 0.309 e. The lowest BCUT2D eigenvalue weighted by molar-refractivity contribution is -0.148. The summed E-state index contributed by atoms with van der Waals surface area (Å²) < 4.78 is 0. The molecule has 0 spiro atoms. The van der Waals surface area contributed by atoms with Crippen molar-refractivity contribution in [3.05, 3.63) is 0 Å². The molecule has 0 aromatic carbocycles. The average Bonchev–Trinajstić information content (AvgIpc) is 1.93. The van der Waals surface area contributed by atoms with Gasteiger partial charge in [0.2, 0.25) is 5.91 Å². The molecule has 0 bridgehead atoms. The molecular formula is C9H16N2O3. The summed E-state index contributed by atoms with van der Waals surface area (Å²) >= 11 is 0. The van der Waals surface area contributed by atoms with E-state index in [4.69, 9.17) is 5.11 Å². The van der Waals surface area contributed by atoms with E-state index in [1.54, 1.807) is 0 Å². The minimum absolute atomic E-state index is 0.0381. The molecule has 80 valence electrons. The monoisotopic (exact) mass is 200 g/mol. The van der Waals surface area contributed by atoms with Crippen LogP contribution < -0.4 is 5.32 Å². The highest BCUT2D eigenvalue weighted by Gasteiger charge is 2.33. The van der Waals surface area contributed by atoms with Crippen molar-refractivity contribution in [1.29, 1.82) is 0 Å². The molecule has 0 aromatic rings. The molecular weight excluding hydrogens is 184 g/mol. The Kier molecular flexibility index (Phi) is 3.46. The molecule has 5 heteroatoms. The predicted molar refractivity (Wildman–Crippen MR) is 50.8 cm³/mol. The van der Waals surface area contributed by atoms with Crippen LogP contribution in [0.1, 0.15) is 13.8 Å². The van der Waals surface area contributed by atoms with E-state index in [0.29, 0.717) is 19.6 Å². The number of hydrogen-bond donors (Lipinski definition) is 2. The molecule has 0 radical (unpaired) electrons. The Bertz CT molecular complexity index is 234. The summed E-state index contributed by atoms with van der Waals surface area (Å²) in [6, 6.07) is 0.138. The Morgan fingerprint density at radius 2 is 2.07 bits per heavy atom. The van der Waals surface area contributed by atoms with Gasteiger partial charge in [-0.15, -0.1) is 0 Å². The largest absolute Gasteiger partial charge is 0.481 e. The Hall–Kier alpha value is -1.10. The molecule has 5 nitrogen and oxygen atoms in total. The molecule has 0 atom stereocenters. The molecule has 1 heterocycles. The SMILES string of the molecule is CC(C)NC(=O)CN1CC(C(=O)O)C1. The van der Waals surface area contributed by atoms with Crippen LogP contribution in [0.2, 0.25) is 0 Å². The number of carbonyl (C=O) groups excluding carboxylic acids is 1. The number of nitrogens with one attached hydrogen (secondary N) is 1. The van der Waals surface area contributed by atoms with Gasteiger partial charge in [-0.3, -0.25) is 14.5 Å². The average molecular weight is 200 g/mol. The maximum atomic E-state index is 11.2. The highest BCUT2D eigenvalue weighted by atomic mass is 16.4. The lowest BCUT2D eigenvalue weighted by Gasteiger charge is -2.36. The van der Waals surface area contributed by atoms with Crippen molar-refractivity contribution < 1.29 is 14.7 Å². The Labute approximate surface area is 83.1 Å². The Morgan fingerprint density at radius 1 is 1.50 bits per heavy atom. The van der Waals surface area contributed by atoms with Gasteiger partial charge in [-0.1, -0.05) is 0 Å². The summed E-state index contributed by atoms with van der Waals surface area (Å²) in [6.45, 7) is 5.08. The molecule has 0 aromatic heterocycles. The first-order valence-electron chi connectivity index (χ1n) is 4.73. The number of nitrogens with zero attached hydrogens (tertiary/aromatic N) is 1. The number of carboxylic acid groups (broad SMARTS) is 1. The Balaban J connectivity index is 2.16. The van der Waals surface area contributed by atoms with Crippen LogP contribution in [0.15, 0.2) is 0 Å². The molecule has 1 rings (SSSR count). The third-order valence-corrected chi connectivity index (χ3v) is 2.12. The van der Waals surface area contributed by atoms with Crippen molar-refractivity contribution in [2.24, 2.45) is 5.92 Å². The van der Waals surface area contributed by atoms with Gasteiger partial charge in [0, 0.05) is 19.1 Å². The van der Waals surface area contributed by atoms with Crippen LogP contribution in [0.3, 0.4) is 0 Å². The first-order chi connectivity index (χ1) is 6.49. The number of carbonyl (C=O) groups is 2. The van der Waals surface area contributed by atoms with Crippen molar-refractivity contribution in [3.8, 4) is 0 Å². The van der Waals surface area contributed by atoms with Crippen molar-refractivity contribution >= 4 is 11.9 Å². The summed E-state index contributed by atoms with van der Waals surface area (Å²) in [4.78, 5) is 23.5. The minimum atomic E-state index is -0.773. The van der Waals surface area contributed by atoms with Gasteiger partial charge in [0.05, 0.1) is 12.5 Å². The van der Waals surface area contributed by atoms with Gasteiger partial charge in [-0.2, -0.15) is 0 Å². The van der Waals surface area contributed by atoms with Crippen LogP contribution in [-0.2, 0) is 9.59 Å². The summed E-state index contributed by atoms with van der Waals surface area (Å²) in [5.41, 5.74) is 0. The van der Waals surface area contributed by atoms with Crippen LogP contribution in [-0.4, -0.2) is 47.6 Å². The Morgan fingerprint density at radius 3 is 2.50 bits per heavy atom. The lowest BCUT2D eigenvalue weighted by atomic mass is 10.0. The fraction of sp³-hybridized carbons (Fsp3) is 0.778. The van der Waals surface area contributed by atoms with Crippen LogP contribution in [0.5, 0.6) is 0 Å². The van der Waals surface area contributed by atoms with E-state index in [-0.39, 0.29) is 17.9 Å². The van der Waals surface area contributed by atoms with Gasteiger partial charge in [-0.05, 0) is 13.8 Å². The van der Waals surface area contributed by atoms with Gasteiger partial charge in [0.15, 0.2) is 0 Å². The molecule has 0 saturated carbocycles. The normalized spacial score (nSPS) is 17.9. The second-order valence-corrected chi connectivity index (χ2v) is 3.95. The van der Waals surface area contributed by atoms with Crippen LogP contribution in [0, 0.1) is 5.92 Å². The highest BCUT2D eigenvalue weighted by molar-refractivity contribution is 5.79. The van der Waals surface area contributed by atoms with Crippen molar-refractivity contribution in [2.45, 2.75) is 19.9 Å². The van der Waals surface area contributed by atoms with Gasteiger partial charge in [0.25, 0.3) is 0 Å². The fourth-order valence-electron chi connectivity index (χ4n) is 1.43. The summed E-state index contributed by atoms with van der Waals surface area (Å²) in [5, 5.41) is 11.4. The number of carboxylic acids is 1. The molecule has 14 heavy (non-hydrogen) atoms. The van der Waals surface area contributed by atoms with Gasteiger partial charge >= 0.3 is 5.97 Å². The van der Waals surface area contributed by atoms with E-state index < -0.39 is 5.97 Å². The third kappa shape index (κ3) is 2.99. The summed E-state index contributed by atoms with van der Waals surface area (Å²) in [6.07, 6.45) is 0. The fourth-order valence-corrected chi connectivity index (χ4v) is 1.43. The zero-order chi connectivity index (χ0) is 10.7. The second kappa shape index (κ2) is 4.41. The second-order valence-electron chi connectivity index (χ2n) is 3.95. The molecule has 1 fully saturated rings. The van der Waals surface area contributed by atoms with Crippen LogP contribution >= 0.6 is 0 Å². The van der Waals surface area contributed by atoms with Gasteiger partial charge in [-0.25, -0.2) is 0 Å². The molecule has 0 unspecified atom stereocenters. The third-order valence-electron chi connectivity index (χ3n) is 2.12. The van der Waals surface area contributed by atoms with Crippen molar-refractivity contribution in [2.75, 3.05) is 19.6 Å². The molecule has 2 N–H and O–H groups in total. The quantitative estimate of drug-likeness (QED) is 0.643. The summed E-state index contributed by atoms with van der Waals surface area (Å²) in [5.74, 6) is -1.10. The van der Waals surface area contributed by atoms with E-state index >= 15 is 0 Å². The predicted octanol–water partition coefficient (Wildman–Crippen LogP) is -0.473. The zero-order valence-electron chi connectivity index (χ0n) is 8.49. The van der Waals surface area contributed by atoms with E-state index in [1.165, 1.54) is 0 Å². The topological polar surface area (TPSA) is 69.6 Å². The standard InChI is InChI=1S/C9H16N2O3/c1-6(2)10-8(12)5-11-3-7(4-11)9(13)14/h6-7H,3-5H2,1-2H3,(H,10,12)(H,13,14). The number of likely N-dealkylation sites (tertiary alicyclic amines) is 1. The minimum Gasteiger partial charge on any atom is -0.481 e. The lowest BCUT2D eigenvalue weighted by Crippen LogP contribution is -2.53. The number of amides is 1. The van der Waals surface area contributed by atoms with Gasteiger partial charge < -0.3 is 10.4 Å². The molecule has 1 aliphatic rings. The molecule has 1 saturated heterocycles. The zero-order valence-corrected chi connectivity index (χ0v) is 8.49. The first kappa shape index (κ1) is 11.0. The molecule has 1 aliphatic heterocycles. The molecule has 1 amide bonds. The molecule has 0 aliphatic carbocycles. The van der Waals surface area contributed by atoms with E-state index in [0.717, 1.165) is 0 Å². The van der Waals surface area contributed by atoms with Gasteiger partial charge in [0.1, 0.15) is 0 Å². The van der Waals surface area contributed by atoms with Crippen LogP contribution in [0.4, 0.5) is 0 Å². The number of aliphatic carboxylic acids is 1. The first-order valence-corrected chi connectivity index (χ1v) is 4.73. The highest BCUT2D eigenvalue weighted by Crippen LogP contribution is 2.14. The van der Waals surface area contributed by atoms with Crippen molar-refractivity contribution in [1.82, 2.24) is 10.2 Å². The van der Waals surface area contributed by atoms with E-state index in [1.807, 2.05) is 18.7 Å². The maximum absolute atomic E-state index is 11.2. The number of hydrogen-bond acceptors (Lipinski definition) is 3. The van der Waals surface area contributed by atoms with Crippen LogP contribution in [0.25, 0.3) is 0 Å². The number of rotatable bonds is 4. The maximum Gasteiger partial charge on any atom is 0.309 e. The van der Waals surface area contributed by atoms with E-state index in [2.05, 4.69) is 5.32 Å². The van der Waals surface area contributed by atoms with Crippen molar-refractivity contribution in [3.63, 3.8) is 0 Å². The summed E-state index contributed by atoms with van der Waals surface area (Å²) in [7, 11) is 0. The van der Waals surface area contributed by atoms with E-state index in [9.17, 15) is 9.59 Å².